The van der Waals surface area contributed by atoms with Crippen molar-refractivity contribution >= 4 is 0 Å². The molecule has 7 heteroatoms. The van der Waals surface area contributed by atoms with E-state index in [1.165, 1.54) is 12.1 Å². The monoisotopic (exact) mass is 484 g/mol. The average Bonchev–Trinajstić information content (AvgIpc) is 3.21. The normalized spacial score (nSPS) is 11.6. The Hall–Kier alpha value is -4.26. The van der Waals surface area contributed by atoms with Gasteiger partial charge in [-0.05, 0) is 92.6 Å². The van der Waals surface area contributed by atoms with Crippen LogP contribution >= 0.6 is 0 Å². The molecule has 0 radical (unpaired) electrons. The van der Waals surface area contributed by atoms with Gasteiger partial charge < -0.3 is 4.57 Å². The van der Waals surface area contributed by atoms with Gasteiger partial charge in [0, 0.05) is 28.8 Å². The van der Waals surface area contributed by atoms with Crippen LogP contribution in [0.2, 0.25) is 0 Å². The Labute approximate surface area is 207 Å². The number of rotatable bonds is 4. The van der Waals surface area contributed by atoms with Crippen LogP contribution in [-0.2, 0) is 6.18 Å². The quantitative estimate of drug-likeness (QED) is 0.264. The van der Waals surface area contributed by atoms with E-state index in [9.17, 15) is 13.2 Å². The zero-order chi connectivity index (χ0) is 25.4. The maximum absolute atomic E-state index is 13.0. The zero-order valence-corrected chi connectivity index (χ0v) is 20.0. The van der Waals surface area contributed by atoms with Crippen LogP contribution in [0, 0.1) is 20.8 Å². The molecule has 5 aromatic rings. The van der Waals surface area contributed by atoms with Gasteiger partial charge in [-0.15, -0.1) is 0 Å². The van der Waals surface area contributed by atoms with Crippen LogP contribution in [0.25, 0.3) is 39.6 Å². The summed E-state index contributed by atoms with van der Waals surface area (Å²) in [6, 6.07) is 22.6. The Bertz CT molecular complexity index is 1530. The summed E-state index contributed by atoms with van der Waals surface area (Å²) in [5, 5.41) is 0. The van der Waals surface area contributed by atoms with Crippen molar-refractivity contribution in [1.82, 2.24) is 19.5 Å². The van der Waals surface area contributed by atoms with Crippen molar-refractivity contribution in [2.45, 2.75) is 26.9 Å². The number of alkyl halides is 3. The molecule has 1 aromatic carbocycles. The van der Waals surface area contributed by atoms with Gasteiger partial charge in [-0.3, -0.25) is 4.98 Å². The zero-order valence-electron chi connectivity index (χ0n) is 20.0. The van der Waals surface area contributed by atoms with Crippen molar-refractivity contribution in [2.75, 3.05) is 0 Å². The third kappa shape index (κ3) is 4.64. The number of aryl methyl sites for hydroxylation is 3. The lowest BCUT2D eigenvalue weighted by Crippen LogP contribution is -2.04. The van der Waals surface area contributed by atoms with Crippen LogP contribution in [0.4, 0.5) is 13.2 Å². The number of hydrogen-bond donors (Lipinski definition) is 0. The number of halogens is 3. The van der Waals surface area contributed by atoms with Crippen LogP contribution in [-0.4, -0.2) is 19.5 Å². The van der Waals surface area contributed by atoms with E-state index in [0.717, 1.165) is 51.9 Å². The fourth-order valence-electron chi connectivity index (χ4n) is 4.29. The molecule has 0 unspecified atom stereocenters. The smallest absolute Gasteiger partial charge is 0.303 e. The van der Waals surface area contributed by atoms with Gasteiger partial charge in [-0.1, -0.05) is 18.2 Å². The third-order valence-corrected chi connectivity index (χ3v) is 6.05. The first-order chi connectivity index (χ1) is 17.2. The topological polar surface area (TPSA) is 43.6 Å². The van der Waals surface area contributed by atoms with Gasteiger partial charge >= 0.3 is 6.18 Å². The molecule has 0 saturated heterocycles. The highest BCUT2D eigenvalue weighted by atomic mass is 19.4. The summed E-state index contributed by atoms with van der Waals surface area (Å²) in [5.74, 6) is 0.818. The molecule has 4 heterocycles. The minimum Gasteiger partial charge on any atom is -0.303 e. The van der Waals surface area contributed by atoms with Gasteiger partial charge in [0.1, 0.15) is 5.82 Å². The number of pyridine rings is 3. The van der Waals surface area contributed by atoms with Crippen molar-refractivity contribution in [3.8, 4) is 39.6 Å². The van der Waals surface area contributed by atoms with E-state index >= 15 is 0 Å². The first-order valence-electron chi connectivity index (χ1n) is 11.4. The predicted octanol–water partition coefficient (Wildman–Crippen LogP) is 7.61. The van der Waals surface area contributed by atoms with Crippen molar-refractivity contribution in [2.24, 2.45) is 0 Å². The fraction of sp³-hybridized carbons (Fsp3) is 0.138. The second kappa shape index (κ2) is 9.07. The molecule has 0 bridgehead atoms. The fourth-order valence-corrected chi connectivity index (χ4v) is 4.29. The molecule has 0 N–H and O–H groups in total. The highest BCUT2D eigenvalue weighted by molar-refractivity contribution is 5.71. The van der Waals surface area contributed by atoms with Gasteiger partial charge in [0.15, 0.2) is 0 Å². The second-order valence-corrected chi connectivity index (χ2v) is 8.72. The largest absolute Gasteiger partial charge is 0.416 e. The molecule has 0 aliphatic heterocycles. The molecule has 0 amide bonds. The van der Waals surface area contributed by atoms with Crippen LogP contribution < -0.4 is 0 Å². The minimum atomic E-state index is -4.37. The summed E-state index contributed by atoms with van der Waals surface area (Å²) in [5.41, 5.74) is 6.76. The number of nitrogens with zero attached hydrogens (tertiary/aromatic N) is 4. The van der Waals surface area contributed by atoms with Crippen molar-refractivity contribution in [3.63, 3.8) is 0 Å². The lowest BCUT2D eigenvalue weighted by molar-refractivity contribution is -0.137. The minimum absolute atomic E-state index is 0.651. The summed E-state index contributed by atoms with van der Waals surface area (Å²) in [6.45, 7) is 5.94. The number of aromatic nitrogens is 4. The van der Waals surface area contributed by atoms with Gasteiger partial charge in [0.2, 0.25) is 0 Å². The Balaban J connectivity index is 1.51. The van der Waals surface area contributed by atoms with Gasteiger partial charge in [-0.2, -0.15) is 13.2 Å². The molecule has 180 valence electrons. The summed E-state index contributed by atoms with van der Waals surface area (Å²) in [4.78, 5) is 14.0. The Morgan fingerprint density at radius 2 is 1.33 bits per heavy atom. The molecule has 0 atom stereocenters. The van der Waals surface area contributed by atoms with E-state index in [1.54, 1.807) is 6.20 Å². The van der Waals surface area contributed by atoms with E-state index < -0.39 is 11.7 Å². The highest BCUT2D eigenvalue weighted by Crippen LogP contribution is 2.32. The lowest BCUT2D eigenvalue weighted by Gasteiger charge is -2.11. The average molecular weight is 485 g/mol. The van der Waals surface area contributed by atoms with E-state index in [0.29, 0.717) is 17.0 Å². The van der Waals surface area contributed by atoms with E-state index in [1.807, 2.05) is 63.2 Å². The maximum Gasteiger partial charge on any atom is 0.416 e. The highest BCUT2D eigenvalue weighted by Gasteiger charge is 2.30. The van der Waals surface area contributed by atoms with Gasteiger partial charge in [0.25, 0.3) is 0 Å². The van der Waals surface area contributed by atoms with Crippen LogP contribution in [0.3, 0.4) is 0 Å². The first kappa shape index (κ1) is 23.5. The number of benzene rings is 1. The van der Waals surface area contributed by atoms with Gasteiger partial charge in [0.05, 0.1) is 22.6 Å². The van der Waals surface area contributed by atoms with Crippen LogP contribution in [0.15, 0.2) is 85.1 Å². The molecule has 4 aromatic heterocycles. The second-order valence-electron chi connectivity index (χ2n) is 8.72. The predicted molar refractivity (Wildman–Crippen MR) is 135 cm³/mol. The van der Waals surface area contributed by atoms with Crippen molar-refractivity contribution in [3.05, 3.63) is 108 Å². The van der Waals surface area contributed by atoms with Crippen LogP contribution in [0.1, 0.15) is 22.6 Å². The summed E-state index contributed by atoms with van der Waals surface area (Å²) < 4.78 is 41.0. The lowest BCUT2D eigenvalue weighted by atomic mass is 10.0. The molecule has 4 nitrogen and oxygen atoms in total. The summed E-state index contributed by atoms with van der Waals surface area (Å²) in [7, 11) is 0. The molecule has 0 spiro atoms. The third-order valence-electron chi connectivity index (χ3n) is 6.05. The van der Waals surface area contributed by atoms with E-state index in [4.69, 9.17) is 4.98 Å². The molecule has 36 heavy (non-hydrogen) atoms. The Kier molecular flexibility index (Phi) is 5.92. The molecule has 0 saturated carbocycles. The molecule has 0 fully saturated rings. The molecular formula is C29H23F3N4. The Morgan fingerprint density at radius 3 is 2.03 bits per heavy atom. The summed E-state index contributed by atoms with van der Waals surface area (Å²) >= 11 is 0. The Morgan fingerprint density at radius 1 is 0.639 bits per heavy atom. The van der Waals surface area contributed by atoms with Crippen molar-refractivity contribution < 1.29 is 13.2 Å². The maximum atomic E-state index is 13.0. The van der Waals surface area contributed by atoms with Crippen LogP contribution in [0.5, 0.6) is 0 Å². The summed E-state index contributed by atoms with van der Waals surface area (Å²) in [6.07, 6.45) is -2.60. The van der Waals surface area contributed by atoms with Crippen molar-refractivity contribution in [1.29, 1.82) is 0 Å². The molecular weight excluding hydrogens is 461 g/mol. The van der Waals surface area contributed by atoms with Gasteiger partial charge in [-0.25, -0.2) is 9.97 Å². The molecule has 5 rings (SSSR count). The van der Waals surface area contributed by atoms with E-state index in [2.05, 4.69) is 26.7 Å². The standard InChI is InChI=1S/C29H23F3N4/c1-18-15-23(21-9-11-24(12-10-21)29(30,31)32)16-27(34-18)26-6-4-5-25(35-26)22-13-14-33-28(17-22)36-19(2)7-8-20(36)3/h4-17H,1-3H3. The molecule has 0 aliphatic carbocycles. The SMILES string of the molecule is Cc1cc(-c2ccc(C(F)(F)F)cc2)cc(-c2cccc(-c3ccnc(-n4c(C)ccc4C)c3)n2)n1. The first-order valence-corrected chi connectivity index (χ1v) is 11.4. The van der Waals surface area contributed by atoms with E-state index in [-0.39, 0.29) is 0 Å². The number of hydrogen-bond acceptors (Lipinski definition) is 3. The molecule has 0 aliphatic rings.